The monoisotopic (exact) mass is 289 g/mol. The summed E-state index contributed by atoms with van der Waals surface area (Å²) < 4.78 is 0. The van der Waals surface area contributed by atoms with E-state index in [0.717, 1.165) is 12.0 Å². The Hall–Kier alpha value is -1.91. The normalized spacial score (nSPS) is 24.6. The second kappa shape index (κ2) is 5.84. The van der Waals surface area contributed by atoms with Crippen LogP contribution in [0.15, 0.2) is 28.9 Å². The highest BCUT2D eigenvalue weighted by atomic mass is 16.2. The zero-order valence-corrected chi connectivity index (χ0v) is 13.1. The number of aliphatic imine (C=N–C) groups is 1. The quantitative estimate of drug-likeness (QED) is 0.861. The van der Waals surface area contributed by atoms with Gasteiger partial charge in [0, 0.05) is 12.7 Å². The molecule has 2 heterocycles. The highest BCUT2D eigenvalue weighted by Gasteiger charge is 2.45. The Balaban J connectivity index is 2.18. The molecule has 21 heavy (non-hydrogen) atoms. The molecule has 1 N–H and O–H groups in total. The minimum atomic E-state index is -0.904. The van der Waals surface area contributed by atoms with Crippen molar-refractivity contribution in [2.75, 3.05) is 6.54 Å². The summed E-state index contributed by atoms with van der Waals surface area (Å²) in [5.74, 6) is 0.708. The zero-order valence-electron chi connectivity index (χ0n) is 13.1. The van der Waals surface area contributed by atoms with Gasteiger partial charge in [0.2, 0.25) is 5.91 Å². The summed E-state index contributed by atoms with van der Waals surface area (Å²) >= 11 is 0. The van der Waals surface area contributed by atoms with Gasteiger partial charge in [0.25, 0.3) is 5.91 Å². The molecule has 0 saturated heterocycles. The van der Waals surface area contributed by atoms with Gasteiger partial charge in [-0.3, -0.25) is 9.59 Å². The van der Waals surface area contributed by atoms with Gasteiger partial charge >= 0.3 is 0 Å². The lowest BCUT2D eigenvalue weighted by molar-refractivity contribution is -0.134. The fourth-order valence-electron chi connectivity index (χ4n) is 2.49. The van der Waals surface area contributed by atoms with E-state index in [1.165, 1.54) is 0 Å². The molecule has 0 saturated carbocycles. The number of allylic oxidation sites excluding steroid dienone is 2. The Morgan fingerprint density at radius 2 is 2.24 bits per heavy atom. The molecule has 2 aliphatic rings. The average Bonchev–Trinajstić information content (AvgIpc) is 2.37. The van der Waals surface area contributed by atoms with Crippen molar-refractivity contribution in [3.8, 4) is 0 Å². The van der Waals surface area contributed by atoms with Crippen molar-refractivity contribution in [2.45, 2.75) is 46.1 Å². The smallest absolute Gasteiger partial charge is 0.250 e. The Morgan fingerprint density at radius 1 is 1.52 bits per heavy atom. The van der Waals surface area contributed by atoms with Gasteiger partial charge in [0.1, 0.15) is 11.4 Å². The summed E-state index contributed by atoms with van der Waals surface area (Å²) in [7, 11) is 0. The van der Waals surface area contributed by atoms with Crippen molar-refractivity contribution >= 4 is 17.6 Å². The van der Waals surface area contributed by atoms with Gasteiger partial charge in [0.05, 0.1) is 6.42 Å². The second-order valence-corrected chi connectivity index (χ2v) is 6.33. The third kappa shape index (κ3) is 3.23. The molecule has 1 unspecified atom stereocenters. The van der Waals surface area contributed by atoms with Gasteiger partial charge in [-0.1, -0.05) is 13.8 Å². The van der Waals surface area contributed by atoms with Crippen molar-refractivity contribution in [3.63, 3.8) is 0 Å². The van der Waals surface area contributed by atoms with Gasteiger partial charge in [-0.2, -0.15) is 4.99 Å². The summed E-state index contributed by atoms with van der Waals surface area (Å²) in [6.45, 7) is 8.59. The predicted molar refractivity (Wildman–Crippen MR) is 82.7 cm³/mol. The minimum absolute atomic E-state index is 0.0985. The Kier molecular flexibility index (Phi) is 4.30. The van der Waals surface area contributed by atoms with Crippen LogP contribution in [0.2, 0.25) is 0 Å². The van der Waals surface area contributed by atoms with E-state index < -0.39 is 5.54 Å². The van der Waals surface area contributed by atoms with Crippen molar-refractivity contribution in [2.24, 2.45) is 10.9 Å². The summed E-state index contributed by atoms with van der Waals surface area (Å²) in [6.07, 6.45) is 6.61. The summed E-state index contributed by atoms with van der Waals surface area (Å²) in [5.41, 5.74) is 0.112. The van der Waals surface area contributed by atoms with Crippen molar-refractivity contribution in [1.29, 1.82) is 0 Å². The topological polar surface area (TPSA) is 61.8 Å². The van der Waals surface area contributed by atoms with E-state index in [1.54, 1.807) is 11.8 Å². The number of hydrogen-bond donors (Lipinski definition) is 1. The van der Waals surface area contributed by atoms with Gasteiger partial charge in [-0.25, -0.2) is 0 Å². The number of nitrogens with zero attached hydrogens (tertiary/aromatic N) is 2. The highest BCUT2D eigenvalue weighted by molar-refractivity contribution is 6.09. The van der Waals surface area contributed by atoms with Crippen LogP contribution >= 0.6 is 0 Å². The number of fused-ring (bicyclic) bond motifs is 1. The van der Waals surface area contributed by atoms with Crippen molar-refractivity contribution < 1.29 is 9.59 Å². The average molecular weight is 289 g/mol. The summed E-state index contributed by atoms with van der Waals surface area (Å²) in [6, 6.07) is 0. The van der Waals surface area contributed by atoms with E-state index in [2.05, 4.69) is 24.2 Å². The van der Waals surface area contributed by atoms with Crippen molar-refractivity contribution in [3.05, 3.63) is 23.9 Å². The predicted octanol–water partition coefficient (Wildman–Crippen LogP) is 2.01. The van der Waals surface area contributed by atoms with Crippen LogP contribution in [0.5, 0.6) is 0 Å². The van der Waals surface area contributed by atoms with Crippen molar-refractivity contribution in [1.82, 2.24) is 10.2 Å². The summed E-state index contributed by atoms with van der Waals surface area (Å²) in [5, 5.41) is 2.95. The van der Waals surface area contributed by atoms with Gasteiger partial charge < -0.3 is 10.2 Å². The molecule has 0 spiro atoms. The molecule has 2 rings (SSSR count). The molecule has 2 amide bonds. The van der Waals surface area contributed by atoms with E-state index in [-0.39, 0.29) is 18.2 Å². The maximum absolute atomic E-state index is 12.6. The van der Waals surface area contributed by atoms with E-state index in [1.807, 2.05) is 25.3 Å². The lowest BCUT2D eigenvalue weighted by Crippen LogP contribution is -2.60. The number of amides is 2. The number of carbonyl (C=O) groups excluding carboxylic acids is 2. The molecule has 2 aliphatic heterocycles. The number of amidine groups is 1. The number of hydrogen-bond acceptors (Lipinski definition) is 3. The number of carbonyl (C=O) groups is 2. The van der Waals surface area contributed by atoms with Crippen LogP contribution in [0, 0.1) is 5.92 Å². The lowest BCUT2D eigenvalue weighted by Gasteiger charge is -2.42. The SMILES string of the molecule is CC1=CC2=NC(=O)CC(C)(C(=O)NCCC(C)C)N2C=C1. The maximum Gasteiger partial charge on any atom is 0.250 e. The molecule has 0 aromatic carbocycles. The van der Waals surface area contributed by atoms with Crippen LogP contribution in [0.4, 0.5) is 0 Å². The van der Waals surface area contributed by atoms with E-state index in [0.29, 0.717) is 18.3 Å². The van der Waals surface area contributed by atoms with Gasteiger partial charge in [-0.15, -0.1) is 0 Å². The third-order valence-corrected chi connectivity index (χ3v) is 3.85. The molecule has 1 atom stereocenters. The molecule has 0 aromatic heterocycles. The first-order valence-electron chi connectivity index (χ1n) is 7.38. The van der Waals surface area contributed by atoms with Crippen LogP contribution < -0.4 is 5.32 Å². The van der Waals surface area contributed by atoms with Crippen LogP contribution in [-0.4, -0.2) is 34.6 Å². The van der Waals surface area contributed by atoms with Gasteiger partial charge in [0.15, 0.2) is 0 Å². The fourth-order valence-corrected chi connectivity index (χ4v) is 2.49. The first kappa shape index (κ1) is 15.5. The van der Waals surface area contributed by atoms with E-state index in [4.69, 9.17) is 0 Å². The summed E-state index contributed by atoms with van der Waals surface area (Å²) in [4.78, 5) is 30.3. The maximum atomic E-state index is 12.6. The molecule has 0 radical (unpaired) electrons. The van der Waals surface area contributed by atoms with E-state index in [9.17, 15) is 9.59 Å². The molecule has 5 heteroatoms. The fraction of sp³-hybridized carbons (Fsp3) is 0.562. The van der Waals surface area contributed by atoms with Crippen LogP contribution in [0.3, 0.4) is 0 Å². The first-order valence-corrected chi connectivity index (χ1v) is 7.38. The van der Waals surface area contributed by atoms with Crippen LogP contribution in [0.25, 0.3) is 0 Å². The standard InChI is InChI=1S/C16H23N3O2/c1-11(2)5-7-17-15(21)16(4)10-14(20)18-13-9-12(3)6-8-19(13)16/h6,8-9,11H,5,7,10H2,1-4H3,(H,17,21). The molecule has 0 aliphatic carbocycles. The van der Waals surface area contributed by atoms with Crippen LogP contribution in [0.1, 0.15) is 40.5 Å². The number of nitrogens with one attached hydrogen (secondary N) is 1. The second-order valence-electron chi connectivity index (χ2n) is 6.33. The minimum Gasteiger partial charge on any atom is -0.354 e. The highest BCUT2D eigenvalue weighted by Crippen LogP contribution is 2.29. The zero-order chi connectivity index (χ0) is 15.6. The first-order chi connectivity index (χ1) is 9.83. The lowest BCUT2D eigenvalue weighted by atomic mass is 9.90. The molecular weight excluding hydrogens is 266 g/mol. The third-order valence-electron chi connectivity index (χ3n) is 3.85. The molecule has 114 valence electrons. The Bertz CT molecular complexity index is 546. The van der Waals surface area contributed by atoms with Gasteiger partial charge in [-0.05, 0) is 43.9 Å². The molecule has 0 bridgehead atoms. The Morgan fingerprint density at radius 3 is 2.90 bits per heavy atom. The molecule has 5 nitrogen and oxygen atoms in total. The molecule has 0 fully saturated rings. The van der Waals surface area contributed by atoms with Crippen LogP contribution in [-0.2, 0) is 9.59 Å². The molecular formula is C16H23N3O2. The molecule has 0 aromatic rings. The largest absolute Gasteiger partial charge is 0.354 e. The Labute approximate surface area is 125 Å². The van der Waals surface area contributed by atoms with E-state index >= 15 is 0 Å². The number of rotatable bonds is 4.